The minimum absolute atomic E-state index is 0.0416. The van der Waals surface area contributed by atoms with E-state index in [-0.39, 0.29) is 5.56 Å². The Morgan fingerprint density at radius 1 is 1.60 bits per heavy atom. The summed E-state index contributed by atoms with van der Waals surface area (Å²) in [6.45, 7) is 1.96. The zero-order valence-corrected chi connectivity index (χ0v) is 7.23. The van der Waals surface area contributed by atoms with Crippen LogP contribution in [0.15, 0.2) is 16.9 Å². The first kappa shape index (κ1) is 7.54. The number of rotatable bonds is 1. The van der Waals surface area contributed by atoms with Crippen molar-refractivity contribution in [1.29, 1.82) is 0 Å². The van der Waals surface area contributed by atoms with Gasteiger partial charge in [0.25, 0.3) is 0 Å². The van der Waals surface area contributed by atoms with E-state index in [0.717, 1.165) is 11.3 Å². The number of pyridine rings is 1. The van der Waals surface area contributed by atoms with E-state index in [9.17, 15) is 4.79 Å². The van der Waals surface area contributed by atoms with Crippen molar-refractivity contribution in [3.63, 3.8) is 0 Å². The fourth-order valence-electron chi connectivity index (χ4n) is 0.729. The van der Waals surface area contributed by atoms with E-state index in [0.29, 0.717) is 5.33 Å². The van der Waals surface area contributed by atoms with Crippen molar-refractivity contribution in [2.75, 3.05) is 0 Å². The number of H-pyrrole nitrogens is 1. The minimum Gasteiger partial charge on any atom is -0.325 e. The van der Waals surface area contributed by atoms with Gasteiger partial charge in [0.15, 0.2) is 0 Å². The summed E-state index contributed by atoms with van der Waals surface area (Å²) < 4.78 is 0. The van der Waals surface area contributed by atoms with Gasteiger partial charge in [-0.1, -0.05) is 22.0 Å². The monoisotopic (exact) mass is 201 g/mol. The average Bonchev–Trinajstić information content (AvgIpc) is 1.94. The van der Waals surface area contributed by atoms with Crippen LogP contribution in [-0.4, -0.2) is 4.98 Å². The van der Waals surface area contributed by atoms with Crippen molar-refractivity contribution in [2.24, 2.45) is 0 Å². The SMILES string of the molecule is Cc1ccc(=O)[nH]c1CBr. The molecular weight excluding hydrogens is 194 g/mol. The summed E-state index contributed by atoms with van der Waals surface area (Å²) in [5, 5.41) is 0.703. The van der Waals surface area contributed by atoms with Crippen LogP contribution in [0, 0.1) is 6.92 Å². The molecule has 54 valence electrons. The summed E-state index contributed by atoms with van der Waals surface area (Å²) in [6, 6.07) is 3.34. The molecule has 1 aromatic rings. The third-order valence-electron chi connectivity index (χ3n) is 1.37. The van der Waals surface area contributed by atoms with Gasteiger partial charge in [0, 0.05) is 17.1 Å². The molecule has 0 fully saturated rings. The van der Waals surface area contributed by atoms with Crippen molar-refractivity contribution < 1.29 is 0 Å². The number of alkyl halides is 1. The third-order valence-corrected chi connectivity index (χ3v) is 1.93. The summed E-state index contributed by atoms with van der Waals surface area (Å²) in [7, 11) is 0. The van der Waals surface area contributed by atoms with Crippen LogP contribution in [-0.2, 0) is 5.33 Å². The molecule has 1 heterocycles. The maximum absolute atomic E-state index is 10.7. The Bertz CT molecular complexity index is 279. The second-order valence-electron chi connectivity index (χ2n) is 2.12. The maximum atomic E-state index is 10.7. The molecular formula is C7H8BrNO. The zero-order valence-electron chi connectivity index (χ0n) is 5.65. The molecule has 0 atom stereocenters. The highest BCUT2D eigenvalue weighted by Crippen LogP contribution is 2.04. The van der Waals surface area contributed by atoms with Crippen LogP contribution < -0.4 is 5.56 Å². The molecule has 0 saturated heterocycles. The summed E-state index contributed by atoms with van der Waals surface area (Å²) >= 11 is 3.27. The average molecular weight is 202 g/mol. The van der Waals surface area contributed by atoms with Crippen molar-refractivity contribution >= 4 is 15.9 Å². The van der Waals surface area contributed by atoms with Gasteiger partial charge in [0.05, 0.1) is 0 Å². The molecule has 1 N–H and O–H groups in total. The number of aromatic nitrogens is 1. The van der Waals surface area contributed by atoms with Gasteiger partial charge >= 0.3 is 0 Å². The Hall–Kier alpha value is -0.570. The van der Waals surface area contributed by atoms with Crippen molar-refractivity contribution in [3.8, 4) is 0 Å². The topological polar surface area (TPSA) is 32.9 Å². The number of halogens is 1. The van der Waals surface area contributed by atoms with Crippen LogP contribution >= 0.6 is 15.9 Å². The molecule has 1 aromatic heterocycles. The quantitative estimate of drug-likeness (QED) is 0.689. The Balaban J connectivity index is 3.22. The van der Waals surface area contributed by atoms with E-state index < -0.39 is 0 Å². The van der Waals surface area contributed by atoms with E-state index in [2.05, 4.69) is 20.9 Å². The zero-order chi connectivity index (χ0) is 7.56. The van der Waals surface area contributed by atoms with Gasteiger partial charge in [0.2, 0.25) is 5.56 Å². The molecule has 0 radical (unpaired) electrons. The Morgan fingerprint density at radius 3 is 2.80 bits per heavy atom. The van der Waals surface area contributed by atoms with Crippen LogP contribution in [0.1, 0.15) is 11.3 Å². The fraction of sp³-hybridized carbons (Fsp3) is 0.286. The van der Waals surface area contributed by atoms with E-state index in [1.165, 1.54) is 6.07 Å². The van der Waals surface area contributed by atoms with Crippen molar-refractivity contribution in [3.05, 3.63) is 33.7 Å². The molecule has 10 heavy (non-hydrogen) atoms. The molecule has 0 aromatic carbocycles. The normalized spacial score (nSPS) is 9.80. The number of hydrogen-bond donors (Lipinski definition) is 1. The lowest BCUT2D eigenvalue weighted by Crippen LogP contribution is -2.06. The molecule has 0 aliphatic heterocycles. The summed E-state index contributed by atoms with van der Waals surface area (Å²) in [5.74, 6) is 0. The molecule has 1 rings (SSSR count). The van der Waals surface area contributed by atoms with Gasteiger partial charge in [-0.25, -0.2) is 0 Å². The van der Waals surface area contributed by atoms with Crippen LogP contribution in [0.5, 0.6) is 0 Å². The Kier molecular flexibility index (Phi) is 2.27. The Labute approximate surface area is 67.4 Å². The first-order valence-electron chi connectivity index (χ1n) is 2.99. The largest absolute Gasteiger partial charge is 0.325 e. The van der Waals surface area contributed by atoms with Gasteiger partial charge in [-0.15, -0.1) is 0 Å². The van der Waals surface area contributed by atoms with Gasteiger partial charge in [0.1, 0.15) is 0 Å². The molecule has 0 aliphatic rings. The van der Waals surface area contributed by atoms with Gasteiger partial charge in [-0.3, -0.25) is 4.79 Å². The van der Waals surface area contributed by atoms with Gasteiger partial charge in [-0.2, -0.15) is 0 Å². The second-order valence-corrected chi connectivity index (χ2v) is 2.68. The van der Waals surface area contributed by atoms with Gasteiger partial charge < -0.3 is 4.98 Å². The van der Waals surface area contributed by atoms with Crippen LogP contribution in [0.4, 0.5) is 0 Å². The molecule has 0 bridgehead atoms. The summed E-state index contributed by atoms with van der Waals surface area (Å²) in [5.41, 5.74) is 2.02. The van der Waals surface area contributed by atoms with E-state index in [1.54, 1.807) is 0 Å². The molecule has 3 heteroatoms. The third kappa shape index (κ3) is 1.48. The van der Waals surface area contributed by atoms with Gasteiger partial charge in [-0.05, 0) is 12.5 Å². The lowest BCUT2D eigenvalue weighted by Gasteiger charge is -1.97. The highest BCUT2D eigenvalue weighted by molar-refractivity contribution is 9.08. The van der Waals surface area contributed by atoms with E-state index >= 15 is 0 Å². The number of aromatic amines is 1. The lowest BCUT2D eigenvalue weighted by atomic mass is 10.2. The summed E-state index contributed by atoms with van der Waals surface area (Å²) in [6.07, 6.45) is 0. The lowest BCUT2D eigenvalue weighted by molar-refractivity contribution is 1.09. The first-order chi connectivity index (χ1) is 4.74. The molecule has 0 amide bonds. The maximum Gasteiger partial charge on any atom is 0.248 e. The summed E-state index contributed by atoms with van der Waals surface area (Å²) in [4.78, 5) is 13.4. The molecule has 0 spiro atoms. The molecule has 0 unspecified atom stereocenters. The smallest absolute Gasteiger partial charge is 0.248 e. The van der Waals surface area contributed by atoms with Crippen LogP contribution in [0.3, 0.4) is 0 Å². The van der Waals surface area contributed by atoms with Crippen LogP contribution in [0.2, 0.25) is 0 Å². The predicted octanol–water partition coefficient (Wildman–Crippen LogP) is 1.58. The van der Waals surface area contributed by atoms with E-state index in [4.69, 9.17) is 0 Å². The number of aryl methyl sites for hydroxylation is 1. The highest BCUT2D eigenvalue weighted by Gasteiger charge is 1.94. The second kappa shape index (κ2) is 3.01. The molecule has 0 aliphatic carbocycles. The molecule has 0 saturated carbocycles. The fourth-order valence-corrected chi connectivity index (χ4v) is 1.31. The predicted molar refractivity (Wildman–Crippen MR) is 44.4 cm³/mol. The molecule has 2 nitrogen and oxygen atoms in total. The van der Waals surface area contributed by atoms with Crippen molar-refractivity contribution in [1.82, 2.24) is 4.98 Å². The van der Waals surface area contributed by atoms with Crippen LogP contribution in [0.25, 0.3) is 0 Å². The Morgan fingerprint density at radius 2 is 2.30 bits per heavy atom. The first-order valence-corrected chi connectivity index (χ1v) is 4.11. The number of nitrogens with one attached hydrogen (secondary N) is 1. The standard InChI is InChI=1S/C7H8BrNO/c1-5-2-3-7(10)9-6(5)4-8/h2-3H,4H2,1H3,(H,9,10). The van der Waals surface area contributed by atoms with Crippen molar-refractivity contribution in [2.45, 2.75) is 12.3 Å². The van der Waals surface area contributed by atoms with E-state index in [1.807, 2.05) is 13.0 Å². The minimum atomic E-state index is -0.0416. The number of hydrogen-bond acceptors (Lipinski definition) is 1. The highest BCUT2D eigenvalue weighted by atomic mass is 79.9.